The fraction of sp³-hybridized carbons (Fsp3) is 1.00. The Kier molecular flexibility index (Phi) is 7.02. The van der Waals surface area contributed by atoms with Gasteiger partial charge in [0.2, 0.25) is 0 Å². The lowest BCUT2D eigenvalue weighted by atomic mass is 9.30. The molecule has 0 aliphatic carbocycles. The summed E-state index contributed by atoms with van der Waals surface area (Å²) in [6.07, 6.45) is 0. The molecule has 0 unspecified atom stereocenters. The van der Waals surface area contributed by atoms with Crippen molar-refractivity contribution in [3.63, 3.8) is 0 Å². The molecule has 0 fully saturated rings. The van der Waals surface area contributed by atoms with Crippen LogP contribution in [0, 0.1) is 49.2 Å². The van der Waals surface area contributed by atoms with E-state index in [9.17, 15) is 0 Å². The third-order valence-electron chi connectivity index (χ3n) is 8.40. The molecule has 0 saturated heterocycles. The normalized spacial score (nSPS) is 16.7. The maximum absolute atomic E-state index is 2.61. The minimum atomic E-state index is 0.126. The Hall–Kier alpha value is 0. The van der Waals surface area contributed by atoms with Crippen molar-refractivity contribution < 1.29 is 0 Å². The molecule has 170 valence electrons. The van der Waals surface area contributed by atoms with Gasteiger partial charge in [0, 0.05) is 0 Å². The van der Waals surface area contributed by atoms with Crippen molar-refractivity contribution >= 4 is 0 Å². The summed E-state index contributed by atoms with van der Waals surface area (Å²) in [5, 5.41) is 0. The molecule has 0 saturated carbocycles. The SMILES string of the molecule is CC(C(C(C)(C)C)(C(C)(C)C)C(C)(C)C)C(C(C)(C)C)(C(C)(C)C)C(C)(C)C. The number of hydrogen-bond acceptors (Lipinski definition) is 0. The average Bonchev–Trinajstić information content (AvgIpc) is 2.14. The molecule has 0 heteroatoms. The molecule has 0 amide bonds. The van der Waals surface area contributed by atoms with Gasteiger partial charge in [-0.2, -0.15) is 0 Å². The van der Waals surface area contributed by atoms with Crippen LogP contribution < -0.4 is 0 Å². The first kappa shape index (κ1) is 28.0. The third kappa shape index (κ3) is 3.73. The zero-order chi connectivity index (χ0) is 23.6. The first-order valence-electron chi connectivity index (χ1n) is 11.7. The van der Waals surface area contributed by atoms with E-state index in [0.29, 0.717) is 5.92 Å². The minimum Gasteiger partial charge on any atom is -0.0613 e. The largest absolute Gasteiger partial charge is 0.0613 e. The molecule has 0 radical (unpaired) electrons. The molecule has 0 heterocycles. The molecule has 0 aromatic heterocycles. The molecule has 0 aliphatic rings. The van der Waals surface area contributed by atoms with Crippen LogP contribution in [0.5, 0.6) is 0 Å². The molecule has 0 aromatic carbocycles. The van der Waals surface area contributed by atoms with Crippen LogP contribution in [-0.2, 0) is 0 Å². The van der Waals surface area contributed by atoms with Gasteiger partial charge in [-0.25, -0.2) is 0 Å². The Morgan fingerprint density at radius 3 is 0.464 bits per heavy atom. The Morgan fingerprint density at radius 1 is 0.286 bits per heavy atom. The molecule has 0 aliphatic heterocycles. The molecule has 28 heavy (non-hydrogen) atoms. The summed E-state index contributed by atoms with van der Waals surface area (Å²) in [6, 6.07) is 0. The van der Waals surface area contributed by atoms with Crippen LogP contribution in [0.15, 0.2) is 0 Å². The van der Waals surface area contributed by atoms with E-state index in [2.05, 4.69) is 132 Å². The van der Waals surface area contributed by atoms with Gasteiger partial charge in [0.15, 0.2) is 0 Å². The zero-order valence-corrected chi connectivity index (χ0v) is 23.6. The highest BCUT2D eigenvalue weighted by Crippen LogP contribution is 2.76. The molecule has 0 spiro atoms. The average molecular weight is 395 g/mol. The van der Waals surface area contributed by atoms with Gasteiger partial charge in [0.05, 0.1) is 0 Å². The van der Waals surface area contributed by atoms with E-state index >= 15 is 0 Å². The Balaban J connectivity index is 7.83. The summed E-state index contributed by atoms with van der Waals surface area (Å²) in [7, 11) is 0. The standard InChI is InChI=1S/C28H58/c1-20(27(21(2,3)4,22(5,6)7)23(8,9)10)28(24(11,12)13,25(14,15)16)26(17,18)19/h20H,1-19H3. The maximum Gasteiger partial charge on any atom is -0.0120 e. The first-order valence-corrected chi connectivity index (χ1v) is 11.7. The molecule has 0 aromatic rings. The van der Waals surface area contributed by atoms with Gasteiger partial charge in [-0.05, 0) is 49.2 Å². The zero-order valence-electron chi connectivity index (χ0n) is 23.6. The predicted octanol–water partition coefficient (Wildman–Crippen LogP) is 9.87. The lowest BCUT2D eigenvalue weighted by molar-refractivity contribution is -0.268. The quantitative estimate of drug-likeness (QED) is 0.437. The number of hydrogen-bond donors (Lipinski definition) is 0. The second-order valence-electron chi connectivity index (χ2n) is 15.8. The molecule has 0 nitrogen and oxygen atoms in total. The van der Waals surface area contributed by atoms with E-state index in [4.69, 9.17) is 0 Å². The van der Waals surface area contributed by atoms with E-state index in [1.807, 2.05) is 0 Å². The van der Waals surface area contributed by atoms with Crippen molar-refractivity contribution in [2.24, 2.45) is 49.2 Å². The van der Waals surface area contributed by atoms with E-state index in [1.54, 1.807) is 0 Å². The Labute approximate surface area is 181 Å². The van der Waals surface area contributed by atoms with Crippen molar-refractivity contribution in [3.8, 4) is 0 Å². The second-order valence-corrected chi connectivity index (χ2v) is 15.8. The Bertz CT molecular complexity index is 395. The predicted molar refractivity (Wildman–Crippen MR) is 131 cm³/mol. The maximum atomic E-state index is 2.61. The second kappa shape index (κ2) is 7.02. The number of rotatable bonds is 2. The Morgan fingerprint density at radius 2 is 0.393 bits per heavy atom. The molecular formula is C28H58. The van der Waals surface area contributed by atoms with Crippen LogP contribution in [0.2, 0.25) is 0 Å². The summed E-state index contributed by atoms with van der Waals surface area (Å²) < 4.78 is 0. The summed E-state index contributed by atoms with van der Waals surface area (Å²) in [5.41, 5.74) is 1.23. The van der Waals surface area contributed by atoms with Crippen molar-refractivity contribution in [1.29, 1.82) is 0 Å². The van der Waals surface area contributed by atoms with Gasteiger partial charge in [-0.1, -0.05) is 132 Å². The van der Waals surface area contributed by atoms with Gasteiger partial charge in [0.1, 0.15) is 0 Å². The monoisotopic (exact) mass is 394 g/mol. The minimum absolute atomic E-state index is 0.126. The van der Waals surface area contributed by atoms with Crippen LogP contribution in [-0.4, -0.2) is 0 Å². The highest BCUT2D eigenvalue weighted by Gasteiger charge is 2.70. The van der Waals surface area contributed by atoms with E-state index < -0.39 is 0 Å². The van der Waals surface area contributed by atoms with E-state index in [1.165, 1.54) is 0 Å². The molecule has 0 atom stereocenters. The van der Waals surface area contributed by atoms with Crippen LogP contribution in [0.1, 0.15) is 132 Å². The van der Waals surface area contributed by atoms with Crippen molar-refractivity contribution in [1.82, 2.24) is 0 Å². The molecular weight excluding hydrogens is 336 g/mol. The van der Waals surface area contributed by atoms with Crippen LogP contribution in [0.25, 0.3) is 0 Å². The van der Waals surface area contributed by atoms with E-state index in [-0.39, 0.29) is 43.3 Å². The van der Waals surface area contributed by atoms with Gasteiger partial charge in [-0.15, -0.1) is 0 Å². The van der Waals surface area contributed by atoms with Gasteiger partial charge in [-0.3, -0.25) is 0 Å². The third-order valence-corrected chi connectivity index (χ3v) is 8.40. The van der Waals surface area contributed by atoms with E-state index in [0.717, 1.165) is 0 Å². The topological polar surface area (TPSA) is 0 Å². The van der Waals surface area contributed by atoms with Crippen molar-refractivity contribution in [2.45, 2.75) is 132 Å². The van der Waals surface area contributed by atoms with Crippen molar-refractivity contribution in [3.05, 3.63) is 0 Å². The van der Waals surface area contributed by atoms with Gasteiger partial charge < -0.3 is 0 Å². The van der Waals surface area contributed by atoms with Gasteiger partial charge in [0.25, 0.3) is 0 Å². The molecule has 0 bridgehead atoms. The summed E-state index contributed by atoms with van der Waals surface area (Å²) in [4.78, 5) is 0. The highest BCUT2D eigenvalue weighted by atomic mass is 14.7. The lowest BCUT2D eigenvalue weighted by Gasteiger charge is -2.74. The molecule has 0 rings (SSSR count). The van der Waals surface area contributed by atoms with Crippen LogP contribution in [0.4, 0.5) is 0 Å². The summed E-state index contributed by atoms with van der Waals surface area (Å²) in [6.45, 7) is 47.6. The fourth-order valence-electron chi connectivity index (χ4n) is 11.0. The van der Waals surface area contributed by atoms with Gasteiger partial charge >= 0.3 is 0 Å². The fourth-order valence-corrected chi connectivity index (χ4v) is 11.0. The first-order chi connectivity index (χ1) is 11.7. The molecule has 0 N–H and O–H groups in total. The highest BCUT2D eigenvalue weighted by molar-refractivity contribution is 5.18. The van der Waals surface area contributed by atoms with Crippen LogP contribution >= 0.6 is 0 Å². The summed E-state index contributed by atoms with van der Waals surface area (Å²) in [5.74, 6) is 0.514. The smallest absolute Gasteiger partial charge is 0.0120 e. The lowest BCUT2D eigenvalue weighted by Crippen LogP contribution is -2.69. The van der Waals surface area contributed by atoms with Crippen LogP contribution in [0.3, 0.4) is 0 Å². The summed E-state index contributed by atoms with van der Waals surface area (Å²) >= 11 is 0. The van der Waals surface area contributed by atoms with Crippen molar-refractivity contribution in [2.75, 3.05) is 0 Å².